The number of benzene rings is 1. The molecule has 2 aliphatic rings. The second-order valence-corrected chi connectivity index (χ2v) is 6.20. The topological polar surface area (TPSA) is 84.9 Å². The van der Waals surface area contributed by atoms with Gasteiger partial charge in [-0.05, 0) is 43.9 Å². The van der Waals surface area contributed by atoms with Crippen molar-refractivity contribution in [2.75, 3.05) is 6.61 Å². The lowest BCUT2D eigenvalue weighted by molar-refractivity contribution is -0.139. The van der Waals surface area contributed by atoms with Crippen molar-refractivity contribution >= 4 is 11.9 Å². The lowest BCUT2D eigenvalue weighted by Gasteiger charge is -2.21. The van der Waals surface area contributed by atoms with Gasteiger partial charge in [0.1, 0.15) is 5.75 Å². The van der Waals surface area contributed by atoms with E-state index in [0.717, 1.165) is 24.8 Å². The number of carbonyl (C=O) groups excluding carboxylic acids is 1. The molecular weight excluding hydrogens is 298 g/mol. The Bertz CT molecular complexity index is 585. The molecule has 4 atom stereocenters. The van der Waals surface area contributed by atoms with E-state index in [2.05, 4.69) is 5.32 Å². The maximum Gasteiger partial charge on any atom is 0.341 e. The molecule has 124 valence electrons. The molecule has 6 heteroatoms. The molecule has 0 saturated carbocycles. The maximum absolute atomic E-state index is 12.4. The number of amides is 1. The highest BCUT2D eigenvalue weighted by Gasteiger charge is 2.44. The molecule has 2 heterocycles. The van der Waals surface area contributed by atoms with Gasteiger partial charge in [0.05, 0.1) is 24.2 Å². The van der Waals surface area contributed by atoms with Crippen molar-refractivity contribution in [1.29, 1.82) is 0 Å². The van der Waals surface area contributed by atoms with Gasteiger partial charge in [0, 0.05) is 0 Å². The number of nitrogens with one attached hydrogen (secondary N) is 1. The quantitative estimate of drug-likeness (QED) is 0.836. The summed E-state index contributed by atoms with van der Waals surface area (Å²) in [7, 11) is 0. The lowest BCUT2D eigenvalue weighted by atomic mass is 9.88. The fourth-order valence-electron chi connectivity index (χ4n) is 3.32. The van der Waals surface area contributed by atoms with Gasteiger partial charge < -0.3 is 19.9 Å². The maximum atomic E-state index is 12.4. The number of carboxylic acids is 1. The average molecular weight is 319 g/mol. The number of ether oxygens (including phenoxy) is 2. The van der Waals surface area contributed by atoms with E-state index in [1.165, 1.54) is 0 Å². The van der Waals surface area contributed by atoms with Gasteiger partial charge in [0.2, 0.25) is 5.91 Å². The summed E-state index contributed by atoms with van der Waals surface area (Å²) in [6, 6.07) is 6.97. The van der Waals surface area contributed by atoms with Crippen LogP contribution in [0.2, 0.25) is 0 Å². The second kappa shape index (κ2) is 6.58. The van der Waals surface area contributed by atoms with Crippen molar-refractivity contribution in [3.63, 3.8) is 0 Å². The van der Waals surface area contributed by atoms with E-state index in [1.807, 2.05) is 19.1 Å². The predicted molar refractivity (Wildman–Crippen MR) is 82.1 cm³/mol. The summed E-state index contributed by atoms with van der Waals surface area (Å²) < 4.78 is 10.8. The minimum absolute atomic E-state index is 0.0330. The highest BCUT2D eigenvalue weighted by molar-refractivity contribution is 5.80. The first-order chi connectivity index (χ1) is 11.0. The van der Waals surface area contributed by atoms with Crippen molar-refractivity contribution in [1.82, 2.24) is 5.32 Å². The molecule has 4 unspecified atom stereocenters. The summed E-state index contributed by atoms with van der Waals surface area (Å²) in [6.45, 7) is 1.56. The van der Waals surface area contributed by atoms with Crippen molar-refractivity contribution in [3.8, 4) is 5.75 Å². The molecule has 2 saturated heterocycles. The Hall–Kier alpha value is -2.08. The van der Waals surface area contributed by atoms with Gasteiger partial charge in [-0.1, -0.05) is 12.1 Å². The fourth-order valence-corrected chi connectivity index (χ4v) is 3.32. The monoisotopic (exact) mass is 319 g/mol. The van der Waals surface area contributed by atoms with Crippen LogP contribution in [0.25, 0.3) is 0 Å². The average Bonchev–Trinajstić information content (AvgIpc) is 3.16. The molecule has 1 amide bonds. The van der Waals surface area contributed by atoms with Crippen LogP contribution >= 0.6 is 0 Å². The molecule has 2 aliphatic heterocycles. The van der Waals surface area contributed by atoms with Gasteiger partial charge in [-0.25, -0.2) is 4.79 Å². The molecule has 2 fully saturated rings. The highest BCUT2D eigenvalue weighted by Crippen LogP contribution is 2.39. The number of hydrogen-bond acceptors (Lipinski definition) is 4. The molecule has 0 aliphatic carbocycles. The van der Waals surface area contributed by atoms with E-state index < -0.39 is 5.97 Å². The zero-order chi connectivity index (χ0) is 16.4. The first-order valence-electron chi connectivity index (χ1n) is 7.93. The summed E-state index contributed by atoms with van der Waals surface area (Å²) in [6.07, 6.45) is 3.22. The van der Waals surface area contributed by atoms with Gasteiger partial charge in [-0.15, -0.1) is 0 Å². The molecule has 2 N–H and O–H groups in total. The van der Waals surface area contributed by atoms with Crippen LogP contribution in [0.4, 0.5) is 0 Å². The van der Waals surface area contributed by atoms with Crippen LogP contribution < -0.4 is 10.1 Å². The third-order valence-electron chi connectivity index (χ3n) is 4.54. The molecule has 1 aromatic carbocycles. The zero-order valence-electron chi connectivity index (χ0n) is 13.0. The Labute approximate surface area is 134 Å². The van der Waals surface area contributed by atoms with Gasteiger partial charge in [-0.3, -0.25) is 4.79 Å². The van der Waals surface area contributed by atoms with Crippen molar-refractivity contribution < 1.29 is 24.2 Å². The van der Waals surface area contributed by atoms with E-state index in [9.17, 15) is 9.59 Å². The number of carboxylic acid groups (broad SMARTS) is 1. The largest absolute Gasteiger partial charge is 0.482 e. The van der Waals surface area contributed by atoms with Crippen LogP contribution in [0, 0.1) is 5.92 Å². The van der Waals surface area contributed by atoms with Gasteiger partial charge in [-0.2, -0.15) is 0 Å². The molecule has 0 spiro atoms. The minimum Gasteiger partial charge on any atom is -0.482 e. The number of carbonyl (C=O) groups is 2. The second-order valence-electron chi connectivity index (χ2n) is 6.20. The first-order valence-corrected chi connectivity index (χ1v) is 7.93. The van der Waals surface area contributed by atoms with Crippen LogP contribution in [0.3, 0.4) is 0 Å². The van der Waals surface area contributed by atoms with Crippen molar-refractivity contribution in [3.05, 3.63) is 29.8 Å². The molecule has 2 bridgehead atoms. The third kappa shape index (κ3) is 3.64. The number of aliphatic carboxylic acids is 1. The van der Waals surface area contributed by atoms with Gasteiger partial charge >= 0.3 is 5.97 Å². The molecular formula is C17H21NO5. The van der Waals surface area contributed by atoms with Crippen LogP contribution in [-0.2, 0) is 14.3 Å². The summed E-state index contributed by atoms with van der Waals surface area (Å²) >= 11 is 0. The predicted octanol–water partition coefficient (Wildman–Crippen LogP) is 1.89. The molecule has 0 radical (unpaired) electrons. The summed E-state index contributed by atoms with van der Waals surface area (Å²) in [4.78, 5) is 22.8. The number of rotatable bonds is 6. The first kappa shape index (κ1) is 15.8. The Kier molecular flexibility index (Phi) is 4.52. The Morgan fingerprint density at radius 3 is 2.65 bits per heavy atom. The minimum atomic E-state index is -1.01. The molecule has 6 nitrogen and oxygen atoms in total. The summed E-state index contributed by atoms with van der Waals surface area (Å²) in [5.41, 5.74) is 0.949. The SMILES string of the molecule is CC(NC(=O)C1CC2CCC1O2)c1ccc(OCC(=O)O)cc1. The van der Waals surface area contributed by atoms with Gasteiger partial charge in [0.25, 0.3) is 0 Å². The number of fused-ring (bicyclic) bond motifs is 2. The highest BCUT2D eigenvalue weighted by atomic mass is 16.5. The van der Waals surface area contributed by atoms with E-state index in [1.54, 1.807) is 12.1 Å². The Balaban J connectivity index is 1.54. The number of hydrogen-bond donors (Lipinski definition) is 2. The lowest BCUT2D eigenvalue weighted by Crippen LogP contribution is -2.37. The van der Waals surface area contributed by atoms with Crippen LogP contribution in [0.1, 0.15) is 37.8 Å². The fraction of sp³-hybridized carbons (Fsp3) is 0.529. The summed E-state index contributed by atoms with van der Waals surface area (Å²) in [5.74, 6) is -0.496. The summed E-state index contributed by atoms with van der Waals surface area (Å²) in [5, 5.41) is 11.6. The van der Waals surface area contributed by atoms with Crippen LogP contribution in [0.5, 0.6) is 5.75 Å². The molecule has 23 heavy (non-hydrogen) atoms. The van der Waals surface area contributed by atoms with Crippen LogP contribution in [0.15, 0.2) is 24.3 Å². The van der Waals surface area contributed by atoms with E-state index in [0.29, 0.717) is 5.75 Å². The molecule has 0 aromatic heterocycles. The van der Waals surface area contributed by atoms with Crippen molar-refractivity contribution in [2.24, 2.45) is 5.92 Å². The van der Waals surface area contributed by atoms with Crippen LogP contribution in [-0.4, -0.2) is 35.8 Å². The van der Waals surface area contributed by atoms with E-state index >= 15 is 0 Å². The normalized spacial score (nSPS) is 26.7. The smallest absolute Gasteiger partial charge is 0.341 e. The zero-order valence-corrected chi connectivity index (χ0v) is 13.0. The van der Waals surface area contributed by atoms with E-state index in [4.69, 9.17) is 14.6 Å². The molecule has 1 aromatic rings. The van der Waals surface area contributed by atoms with Crippen molar-refractivity contribution in [2.45, 2.75) is 44.4 Å². The van der Waals surface area contributed by atoms with E-state index in [-0.39, 0.29) is 36.7 Å². The Morgan fingerprint density at radius 1 is 1.35 bits per heavy atom. The molecule has 3 rings (SSSR count). The standard InChI is InChI=1S/C17H21NO5/c1-10(11-2-4-12(5-3-11)22-9-16(19)20)18-17(21)14-8-13-6-7-15(14)23-13/h2-5,10,13-15H,6-9H2,1H3,(H,18,21)(H,19,20). The third-order valence-corrected chi connectivity index (χ3v) is 4.54. The Morgan fingerprint density at radius 2 is 2.09 bits per heavy atom. The van der Waals surface area contributed by atoms with Gasteiger partial charge in [0.15, 0.2) is 6.61 Å².